The van der Waals surface area contributed by atoms with Crippen LogP contribution in [-0.2, 0) is 36.3 Å². The number of rotatable bonds is 4. The van der Waals surface area contributed by atoms with Crippen molar-refractivity contribution in [2.75, 3.05) is 5.75 Å². The van der Waals surface area contributed by atoms with Crippen LogP contribution in [0.2, 0.25) is 0 Å². The molecule has 3 heterocycles. The van der Waals surface area contributed by atoms with Crippen molar-refractivity contribution in [3.63, 3.8) is 0 Å². The number of aliphatic carboxylic acids is 1. The van der Waals surface area contributed by atoms with E-state index in [4.69, 9.17) is 0 Å². The van der Waals surface area contributed by atoms with Gasteiger partial charge in [-0.15, -0.1) is 0 Å². The van der Waals surface area contributed by atoms with Gasteiger partial charge in [0.2, 0.25) is 20.9 Å². The molecule has 2 aliphatic heterocycles. The van der Waals surface area contributed by atoms with Crippen molar-refractivity contribution in [1.82, 2.24) is 19.7 Å². The van der Waals surface area contributed by atoms with E-state index in [1.165, 1.54) is 0 Å². The third kappa shape index (κ3) is 2.96. The summed E-state index contributed by atoms with van der Waals surface area (Å²) in [7, 11) is -8.03. The number of nitrogens with one attached hydrogen (secondary N) is 1. The Hall–Kier alpha value is -1.55. The number of hydrogen-bond acceptors (Lipinski definition) is 10. The van der Waals surface area contributed by atoms with Crippen molar-refractivity contribution in [2.45, 2.75) is 34.7 Å². The summed E-state index contributed by atoms with van der Waals surface area (Å²) in [5, 5.41) is 11.1. The van der Waals surface area contributed by atoms with Gasteiger partial charge in [0.25, 0.3) is 0 Å². The van der Waals surface area contributed by atoms with Crippen LogP contribution in [0.1, 0.15) is 13.3 Å². The molecule has 2 aliphatic rings. The van der Waals surface area contributed by atoms with Gasteiger partial charge in [-0.3, -0.25) is 24.2 Å². The van der Waals surface area contributed by atoms with Crippen LogP contribution < -0.4 is 45.8 Å². The van der Waals surface area contributed by atoms with Crippen LogP contribution >= 0.6 is 0 Å². The molecule has 13 nitrogen and oxygen atoms in total. The van der Waals surface area contributed by atoms with Crippen LogP contribution in [0.5, 0.6) is 0 Å². The van der Waals surface area contributed by atoms with E-state index in [-0.39, 0.29) is 29.6 Å². The summed E-state index contributed by atoms with van der Waals surface area (Å²) in [6.45, 7) is 0.885. The molecule has 0 aliphatic carbocycles. The van der Waals surface area contributed by atoms with Crippen LogP contribution in [0.15, 0.2) is 14.7 Å². The van der Waals surface area contributed by atoms with E-state index in [1.54, 1.807) is 0 Å². The molecule has 1 N–H and O–H groups in total. The molecule has 1 aromatic heterocycles. The number of carboxylic acid groups (broad SMARTS) is 1. The number of nitrogens with zero attached hydrogens (tertiary/aromatic N) is 3. The van der Waals surface area contributed by atoms with Gasteiger partial charge >= 0.3 is 40.7 Å². The molecule has 0 spiro atoms. The number of aromatic amines is 1. The molecule has 0 aromatic carbocycles. The predicted octanol–water partition coefficient (Wildman–Crippen LogP) is -7.89. The molecule has 148 valence electrons. The van der Waals surface area contributed by atoms with Crippen molar-refractivity contribution in [3.8, 4) is 0 Å². The Bertz CT molecular complexity index is 1200. The predicted molar refractivity (Wildman–Crippen MR) is 83.5 cm³/mol. The van der Waals surface area contributed by atoms with Gasteiger partial charge in [0.1, 0.15) is 10.1 Å². The molecule has 0 bridgehead atoms. The first kappa shape index (κ1) is 22.7. The van der Waals surface area contributed by atoms with E-state index < -0.39 is 76.2 Å². The Morgan fingerprint density at radius 2 is 1.93 bits per heavy atom. The molecule has 0 saturated carbocycles. The fraction of sp³-hybridized carbons (Fsp3) is 0.583. The van der Waals surface area contributed by atoms with Crippen molar-refractivity contribution < 1.29 is 61.1 Å². The molecule has 2 saturated heterocycles. The Kier molecular flexibility index (Phi) is 5.49. The second-order valence-electron chi connectivity index (χ2n) is 6.50. The van der Waals surface area contributed by atoms with Gasteiger partial charge in [0, 0.05) is 7.05 Å². The Balaban J connectivity index is 0.00000280. The van der Waals surface area contributed by atoms with E-state index in [0.717, 1.165) is 14.0 Å². The van der Waals surface area contributed by atoms with Crippen LogP contribution in [-0.4, -0.2) is 70.3 Å². The third-order valence-electron chi connectivity index (χ3n) is 4.74. The van der Waals surface area contributed by atoms with Crippen molar-refractivity contribution >= 4 is 31.6 Å². The molecule has 28 heavy (non-hydrogen) atoms. The number of aryl methyl sites for hydroxylation is 1. The molecular formula is C12H13N4NaO9S2. The topological polar surface area (TPSA) is 196 Å². The maximum absolute atomic E-state index is 12.8. The summed E-state index contributed by atoms with van der Waals surface area (Å²) in [5.41, 5.74) is -2.61. The molecule has 2 fully saturated rings. The summed E-state index contributed by atoms with van der Waals surface area (Å²) in [6, 6.07) is -2.02. The molecule has 3 rings (SSSR count). The number of amides is 1. The van der Waals surface area contributed by atoms with Gasteiger partial charge in [-0.1, -0.05) is 0 Å². The Morgan fingerprint density at radius 3 is 2.43 bits per heavy atom. The first-order chi connectivity index (χ1) is 12.2. The monoisotopic (exact) mass is 444 g/mol. The number of fused-ring (bicyclic) bond motifs is 1. The number of carbonyl (C=O) groups is 2. The number of β-lactam (4-membered cyclic amide) rings is 1. The minimum Gasteiger partial charge on any atom is -0.548 e. The average molecular weight is 444 g/mol. The molecule has 0 radical (unpaired) electrons. The number of sulfone groups is 2. The van der Waals surface area contributed by atoms with E-state index in [1.807, 2.05) is 5.10 Å². The number of aromatic nitrogens is 3. The number of carboxylic acids is 1. The summed E-state index contributed by atoms with van der Waals surface area (Å²) in [4.78, 5) is 49.6. The van der Waals surface area contributed by atoms with E-state index in [0.29, 0.717) is 9.58 Å². The van der Waals surface area contributed by atoms with Gasteiger partial charge in [-0.25, -0.2) is 16.8 Å². The minimum atomic E-state index is -4.67. The fourth-order valence-electron chi connectivity index (χ4n) is 3.44. The zero-order chi connectivity index (χ0) is 20.5. The standard InChI is InChI=1S/C12H14N4O9S2.Na/c1-12(4-26(22,23)11-13-8(18)9(19)14-15(11)2)7(10(20)21)16-5(17)3-6(16)27(12,24)25;/h6-7H,3-4H2,1-2H3,(H,14,19)(H,20,21);/q;+1/p-1/t6-,7+,12+;/m1./s1. The van der Waals surface area contributed by atoms with Crippen LogP contribution in [0.3, 0.4) is 0 Å². The SMILES string of the molecule is Cn1[nH]c(=O)c(=O)nc1S(=O)(=O)C[C@@]1(C)[C@H](C(=O)[O-])N2C(=O)C[C@H]2S1(=O)=O.[Na+]. The Labute approximate surface area is 179 Å². The number of hydrogen-bond donors (Lipinski definition) is 1. The first-order valence-corrected chi connectivity index (χ1v) is 10.6. The van der Waals surface area contributed by atoms with Crippen LogP contribution in [0, 0.1) is 0 Å². The van der Waals surface area contributed by atoms with Crippen molar-refractivity contribution in [3.05, 3.63) is 20.7 Å². The molecule has 1 amide bonds. The zero-order valence-corrected chi connectivity index (χ0v) is 18.5. The Morgan fingerprint density at radius 1 is 1.36 bits per heavy atom. The second-order valence-corrected chi connectivity index (χ2v) is 10.9. The summed E-state index contributed by atoms with van der Waals surface area (Å²) < 4.78 is 49.1. The second kappa shape index (κ2) is 6.76. The third-order valence-corrected chi connectivity index (χ3v) is 9.60. The molecular weight excluding hydrogens is 431 g/mol. The first-order valence-electron chi connectivity index (χ1n) is 7.39. The van der Waals surface area contributed by atoms with Crippen LogP contribution in [0.25, 0.3) is 0 Å². The molecule has 3 atom stereocenters. The molecule has 16 heteroatoms. The maximum atomic E-state index is 12.8. The van der Waals surface area contributed by atoms with E-state index in [9.17, 15) is 41.1 Å². The van der Waals surface area contributed by atoms with Gasteiger partial charge < -0.3 is 14.8 Å². The fourth-order valence-corrected chi connectivity index (χ4v) is 8.33. The normalized spacial score (nSPS) is 28.2. The molecule has 0 unspecified atom stereocenters. The number of carbonyl (C=O) groups excluding carboxylic acids is 2. The van der Waals surface area contributed by atoms with Gasteiger partial charge in [0.05, 0.1) is 24.2 Å². The molecule has 1 aromatic rings. The summed E-state index contributed by atoms with van der Waals surface area (Å²) >= 11 is 0. The van der Waals surface area contributed by atoms with Crippen molar-refractivity contribution in [1.29, 1.82) is 0 Å². The van der Waals surface area contributed by atoms with E-state index in [2.05, 4.69) is 4.98 Å². The summed E-state index contributed by atoms with van der Waals surface area (Å²) in [6.07, 6.45) is -0.461. The largest absolute Gasteiger partial charge is 1.00 e. The quantitative estimate of drug-likeness (QED) is 0.264. The van der Waals surface area contributed by atoms with Crippen LogP contribution in [0.4, 0.5) is 0 Å². The smallest absolute Gasteiger partial charge is 0.548 e. The maximum Gasteiger partial charge on any atom is 1.00 e. The minimum absolute atomic E-state index is 0. The van der Waals surface area contributed by atoms with Gasteiger partial charge in [0.15, 0.2) is 9.84 Å². The zero-order valence-electron chi connectivity index (χ0n) is 14.9. The van der Waals surface area contributed by atoms with Crippen molar-refractivity contribution in [2.24, 2.45) is 7.05 Å². The van der Waals surface area contributed by atoms with E-state index >= 15 is 0 Å². The van der Waals surface area contributed by atoms with Gasteiger partial charge in [-0.2, -0.15) is 4.98 Å². The van der Waals surface area contributed by atoms with Gasteiger partial charge in [-0.05, 0) is 6.92 Å². The number of H-pyrrole nitrogens is 1. The average Bonchev–Trinajstić information content (AvgIpc) is 2.64. The summed E-state index contributed by atoms with van der Waals surface area (Å²) in [5.74, 6) is -3.96.